The zero-order valence-electron chi connectivity index (χ0n) is 13.9. The maximum absolute atomic E-state index is 5.98. The number of methoxy groups -OCH3 is 1. The van der Waals surface area contributed by atoms with Crippen molar-refractivity contribution in [1.82, 2.24) is 5.32 Å². The maximum atomic E-state index is 5.98. The molecule has 1 aliphatic rings. The van der Waals surface area contributed by atoms with Gasteiger partial charge in [0, 0.05) is 7.11 Å². The number of aryl methyl sites for hydroxylation is 1. The van der Waals surface area contributed by atoms with Gasteiger partial charge in [-0.15, -0.1) is 0 Å². The second-order valence-corrected chi connectivity index (χ2v) is 6.44. The van der Waals surface area contributed by atoms with Crippen molar-refractivity contribution in [3.8, 4) is 0 Å². The van der Waals surface area contributed by atoms with E-state index in [1.54, 1.807) is 0 Å². The molecule has 1 N–H and O–H groups in total. The first kappa shape index (κ1) is 16.5. The number of benzene rings is 1. The summed E-state index contributed by atoms with van der Waals surface area (Å²) >= 11 is 0. The Hall–Kier alpha value is -0.860. The summed E-state index contributed by atoms with van der Waals surface area (Å²) in [6.07, 6.45) is 8.19. The largest absolute Gasteiger partial charge is 0.379 e. The van der Waals surface area contributed by atoms with Gasteiger partial charge in [0.25, 0.3) is 0 Å². The number of nitrogens with one attached hydrogen (secondary N) is 1. The fraction of sp³-hybridized carbons (Fsp3) is 0.684. The van der Waals surface area contributed by atoms with Gasteiger partial charge in [-0.05, 0) is 44.2 Å². The first-order valence-electron chi connectivity index (χ1n) is 8.59. The average molecular weight is 289 g/mol. The summed E-state index contributed by atoms with van der Waals surface area (Å²) in [5.74, 6) is 0.693. The molecule has 0 bridgehead atoms. The highest BCUT2D eigenvalue weighted by Crippen LogP contribution is 2.34. The third-order valence-corrected chi connectivity index (χ3v) is 4.73. The van der Waals surface area contributed by atoms with Crippen LogP contribution in [0, 0.1) is 12.8 Å². The Balaban J connectivity index is 2.19. The molecule has 1 aromatic carbocycles. The molecule has 2 rings (SSSR count). The van der Waals surface area contributed by atoms with Crippen LogP contribution in [0.2, 0.25) is 0 Å². The van der Waals surface area contributed by atoms with E-state index in [0.29, 0.717) is 18.1 Å². The molecule has 118 valence electrons. The molecule has 2 atom stereocenters. The average Bonchev–Trinajstić information content (AvgIpc) is 2.52. The molecule has 0 saturated heterocycles. The van der Waals surface area contributed by atoms with Crippen molar-refractivity contribution in [2.75, 3.05) is 13.7 Å². The van der Waals surface area contributed by atoms with Crippen LogP contribution in [0.15, 0.2) is 24.3 Å². The minimum absolute atomic E-state index is 0.290. The van der Waals surface area contributed by atoms with Crippen molar-refractivity contribution in [3.05, 3.63) is 35.4 Å². The van der Waals surface area contributed by atoms with Crippen LogP contribution < -0.4 is 5.32 Å². The molecule has 21 heavy (non-hydrogen) atoms. The van der Waals surface area contributed by atoms with E-state index in [0.717, 1.165) is 13.0 Å². The van der Waals surface area contributed by atoms with Gasteiger partial charge in [0.05, 0.1) is 12.1 Å². The summed E-state index contributed by atoms with van der Waals surface area (Å²) < 4.78 is 5.98. The predicted octanol–water partition coefficient (Wildman–Crippen LogP) is 4.63. The molecule has 2 heteroatoms. The van der Waals surface area contributed by atoms with Crippen molar-refractivity contribution in [1.29, 1.82) is 0 Å². The SMILES string of the molecule is CCCNC(c1cccc(C)c1)C(OC)C1CCCCC1. The van der Waals surface area contributed by atoms with E-state index in [2.05, 4.69) is 43.4 Å². The van der Waals surface area contributed by atoms with Gasteiger partial charge in [-0.1, -0.05) is 56.0 Å². The molecule has 0 aromatic heterocycles. The van der Waals surface area contributed by atoms with Crippen LogP contribution in [0.4, 0.5) is 0 Å². The molecule has 2 unspecified atom stereocenters. The third-order valence-electron chi connectivity index (χ3n) is 4.73. The van der Waals surface area contributed by atoms with E-state index < -0.39 is 0 Å². The first-order valence-corrected chi connectivity index (χ1v) is 8.59. The van der Waals surface area contributed by atoms with Gasteiger partial charge in [-0.25, -0.2) is 0 Å². The van der Waals surface area contributed by atoms with Gasteiger partial charge >= 0.3 is 0 Å². The highest BCUT2D eigenvalue weighted by Gasteiger charge is 2.31. The standard InChI is InChI=1S/C19H31NO/c1-4-13-20-18(17-12-8-9-15(2)14-17)19(21-3)16-10-6-5-7-11-16/h8-9,12,14,16,18-20H,4-7,10-11,13H2,1-3H3. The molecule has 1 fully saturated rings. The molecule has 1 saturated carbocycles. The van der Waals surface area contributed by atoms with E-state index >= 15 is 0 Å². The lowest BCUT2D eigenvalue weighted by atomic mass is 9.80. The summed E-state index contributed by atoms with van der Waals surface area (Å²) in [5.41, 5.74) is 2.70. The van der Waals surface area contributed by atoms with Gasteiger partial charge in [0.15, 0.2) is 0 Å². The number of rotatable bonds is 7. The van der Waals surface area contributed by atoms with Crippen LogP contribution in [0.3, 0.4) is 0 Å². The summed E-state index contributed by atoms with van der Waals surface area (Å²) in [4.78, 5) is 0. The van der Waals surface area contributed by atoms with Crippen LogP contribution in [-0.4, -0.2) is 19.8 Å². The predicted molar refractivity (Wildman–Crippen MR) is 89.6 cm³/mol. The highest BCUT2D eigenvalue weighted by atomic mass is 16.5. The lowest BCUT2D eigenvalue weighted by molar-refractivity contribution is 0.00755. The molecule has 1 aliphatic carbocycles. The summed E-state index contributed by atoms with van der Waals surface area (Å²) in [6, 6.07) is 9.21. The van der Waals surface area contributed by atoms with Crippen molar-refractivity contribution in [3.63, 3.8) is 0 Å². The Kier molecular flexibility index (Phi) is 6.72. The lowest BCUT2D eigenvalue weighted by Gasteiger charge is -2.36. The van der Waals surface area contributed by atoms with Crippen LogP contribution in [0.1, 0.15) is 62.6 Å². The van der Waals surface area contributed by atoms with E-state index in [1.807, 2.05) is 7.11 Å². The normalized spacial score (nSPS) is 19.4. The van der Waals surface area contributed by atoms with Gasteiger partial charge in [0.2, 0.25) is 0 Å². The van der Waals surface area contributed by atoms with Crippen LogP contribution in [0.5, 0.6) is 0 Å². The quantitative estimate of drug-likeness (QED) is 0.790. The van der Waals surface area contributed by atoms with Crippen molar-refractivity contribution in [2.45, 2.75) is 64.5 Å². The Morgan fingerprint density at radius 1 is 1.24 bits per heavy atom. The van der Waals surface area contributed by atoms with Crippen molar-refractivity contribution < 1.29 is 4.74 Å². The number of hydrogen-bond donors (Lipinski definition) is 1. The van der Waals surface area contributed by atoms with Gasteiger partial charge in [0.1, 0.15) is 0 Å². The fourth-order valence-corrected chi connectivity index (χ4v) is 3.65. The van der Waals surface area contributed by atoms with Crippen molar-refractivity contribution >= 4 is 0 Å². The zero-order valence-corrected chi connectivity index (χ0v) is 13.9. The Morgan fingerprint density at radius 3 is 2.62 bits per heavy atom. The number of ether oxygens (including phenoxy) is 1. The zero-order chi connectivity index (χ0) is 15.1. The van der Waals surface area contributed by atoms with Crippen LogP contribution >= 0.6 is 0 Å². The van der Waals surface area contributed by atoms with Gasteiger partial charge in [-0.2, -0.15) is 0 Å². The van der Waals surface area contributed by atoms with E-state index in [9.17, 15) is 0 Å². The molecule has 0 aliphatic heterocycles. The minimum atomic E-state index is 0.290. The molecule has 2 nitrogen and oxygen atoms in total. The van der Waals surface area contributed by atoms with Crippen LogP contribution in [0.25, 0.3) is 0 Å². The molecule has 0 radical (unpaired) electrons. The lowest BCUT2D eigenvalue weighted by Crippen LogP contribution is -2.39. The minimum Gasteiger partial charge on any atom is -0.379 e. The molecule has 0 amide bonds. The van der Waals surface area contributed by atoms with E-state index in [1.165, 1.54) is 43.2 Å². The smallest absolute Gasteiger partial charge is 0.0794 e. The summed E-state index contributed by atoms with van der Waals surface area (Å²) in [7, 11) is 1.88. The second kappa shape index (κ2) is 8.55. The Labute approximate surface area is 130 Å². The second-order valence-electron chi connectivity index (χ2n) is 6.44. The van der Waals surface area contributed by atoms with Crippen LogP contribution in [-0.2, 0) is 4.74 Å². The topological polar surface area (TPSA) is 21.3 Å². The summed E-state index contributed by atoms with van der Waals surface area (Å²) in [5, 5.41) is 3.74. The first-order chi connectivity index (χ1) is 10.3. The monoisotopic (exact) mass is 289 g/mol. The Morgan fingerprint density at radius 2 is 2.00 bits per heavy atom. The molecule has 0 spiro atoms. The third kappa shape index (κ3) is 4.55. The van der Waals surface area contributed by atoms with E-state index in [-0.39, 0.29) is 0 Å². The highest BCUT2D eigenvalue weighted by molar-refractivity contribution is 5.26. The van der Waals surface area contributed by atoms with Gasteiger partial charge < -0.3 is 10.1 Å². The van der Waals surface area contributed by atoms with E-state index in [4.69, 9.17) is 4.74 Å². The molecule has 1 aromatic rings. The maximum Gasteiger partial charge on any atom is 0.0794 e. The number of hydrogen-bond acceptors (Lipinski definition) is 2. The van der Waals surface area contributed by atoms with Crippen molar-refractivity contribution in [2.24, 2.45) is 5.92 Å². The Bertz CT molecular complexity index is 412. The molecule has 0 heterocycles. The summed E-state index contributed by atoms with van der Waals surface area (Å²) in [6.45, 7) is 5.44. The fourth-order valence-electron chi connectivity index (χ4n) is 3.65. The molecular weight excluding hydrogens is 258 g/mol. The molecular formula is C19H31NO. The van der Waals surface area contributed by atoms with Gasteiger partial charge in [-0.3, -0.25) is 0 Å².